The minimum absolute atomic E-state index is 0. The lowest BCUT2D eigenvalue weighted by atomic mass is 10.2. The van der Waals surface area contributed by atoms with Gasteiger partial charge in [-0.1, -0.05) is 0 Å². The Kier molecular flexibility index (Phi) is 5.37. The van der Waals surface area contributed by atoms with Gasteiger partial charge in [-0.15, -0.1) is 12.4 Å². The fraction of sp³-hybridized carbons (Fsp3) is 0.400. The van der Waals surface area contributed by atoms with Crippen molar-refractivity contribution < 1.29 is 8.78 Å². The summed E-state index contributed by atoms with van der Waals surface area (Å²) >= 11 is 0. The third kappa shape index (κ3) is 3.56. The van der Waals surface area contributed by atoms with Gasteiger partial charge in [0.25, 0.3) is 0 Å². The number of anilines is 1. The number of nitrogens with two attached hydrogens (primary N) is 1. The van der Waals surface area contributed by atoms with Crippen molar-refractivity contribution >= 4 is 18.1 Å². The summed E-state index contributed by atoms with van der Waals surface area (Å²) in [5.41, 5.74) is 7.16. The highest BCUT2D eigenvalue weighted by molar-refractivity contribution is 5.85. The van der Waals surface area contributed by atoms with Crippen LogP contribution in [0.25, 0.3) is 0 Å². The molecule has 0 saturated carbocycles. The molecule has 120 valence electrons. The van der Waals surface area contributed by atoms with E-state index in [-0.39, 0.29) is 18.4 Å². The SMILES string of the molecule is Cl.NCc1cnn(CC2CCCN2c2cc(F)cc(F)c2)c1. The minimum Gasteiger partial charge on any atom is -0.367 e. The molecule has 0 bridgehead atoms. The maximum absolute atomic E-state index is 13.4. The first-order valence-corrected chi connectivity index (χ1v) is 7.10. The molecule has 2 heterocycles. The number of nitrogens with zero attached hydrogens (tertiary/aromatic N) is 3. The van der Waals surface area contributed by atoms with E-state index in [9.17, 15) is 8.78 Å². The van der Waals surface area contributed by atoms with Gasteiger partial charge in [0.05, 0.1) is 12.7 Å². The Labute approximate surface area is 134 Å². The van der Waals surface area contributed by atoms with Crippen LogP contribution in [-0.2, 0) is 13.1 Å². The second kappa shape index (κ2) is 7.07. The highest BCUT2D eigenvalue weighted by Gasteiger charge is 2.26. The summed E-state index contributed by atoms with van der Waals surface area (Å²) in [6.45, 7) is 1.96. The minimum atomic E-state index is -0.542. The van der Waals surface area contributed by atoms with E-state index in [0.29, 0.717) is 18.8 Å². The predicted molar refractivity (Wildman–Crippen MR) is 84.1 cm³/mol. The summed E-state index contributed by atoms with van der Waals surface area (Å²) in [7, 11) is 0. The standard InChI is InChI=1S/C15H18F2N4.ClH/c16-12-4-13(17)6-15(5-12)21-3-1-2-14(21)10-20-9-11(7-18)8-19-20;/h4-6,8-9,14H,1-3,7,10,18H2;1H. The quantitative estimate of drug-likeness (QED) is 0.938. The predicted octanol–water partition coefficient (Wildman–Crippen LogP) is 2.71. The molecule has 0 radical (unpaired) electrons. The average Bonchev–Trinajstić information content (AvgIpc) is 3.07. The molecule has 1 aromatic carbocycles. The van der Waals surface area contributed by atoms with E-state index in [1.165, 1.54) is 12.1 Å². The largest absolute Gasteiger partial charge is 0.367 e. The van der Waals surface area contributed by atoms with Crippen LogP contribution in [-0.4, -0.2) is 22.4 Å². The molecule has 0 aliphatic carbocycles. The van der Waals surface area contributed by atoms with Gasteiger partial charge in [-0.25, -0.2) is 8.78 Å². The van der Waals surface area contributed by atoms with Crippen LogP contribution in [0.15, 0.2) is 30.6 Å². The first kappa shape index (κ1) is 16.7. The average molecular weight is 329 g/mol. The Morgan fingerprint density at radius 3 is 2.59 bits per heavy atom. The van der Waals surface area contributed by atoms with Crippen LogP contribution in [0.3, 0.4) is 0 Å². The van der Waals surface area contributed by atoms with Crippen molar-refractivity contribution in [3.63, 3.8) is 0 Å². The number of hydrogen-bond acceptors (Lipinski definition) is 3. The molecule has 2 N–H and O–H groups in total. The van der Waals surface area contributed by atoms with Gasteiger partial charge in [0, 0.05) is 42.6 Å². The van der Waals surface area contributed by atoms with Crippen molar-refractivity contribution in [1.29, 1.82) is 0 Å². The fourth-order valence-corrected chi connectivity index (χ4v) is 2.90. The van der Waals surface area contributed by atoms with Crippen LogP contribution in [0.1, 0.15) is 18.4 Å². The molecule has 2 aromatic rings. The van der Waals surface area contributed by atoms with E-state index in [0.717, 1.165) is 31.0 Å². The molecule has 1 aromatic heterocycles. The Hall–Kier alpha value is -1.66. The first-order valence-electron chi connectivity index (χ1n) is 7.10. The molecule has 4 nitrogen and oxygen atoms in total. The Morgan fingerprint density at radius 2 is 1.95 bits per heavy atom. The van der Waals surface area contributed by atoms with Gasteiger partial charge < -0.3 is 10.6 Å². The van der Waals surface area contributed by atoms with E-state index in [4.69, 9.17) is 5.73 Å². The van der Waals surface area contributed by atoms with Crippen molar-refractivity contribution in [2.45, 2.75) is 32.0 Å². The van der Waals surface area contributed by atoms with Crippen LogP contribution in [0.5, 0.6) is 0 Å². The third-order valence-corrected chi connectivity index (χ3v) is 3.88. The van der Waals surface area contributed by atoms with Crippen LogP contribution in [0.4, 0.5) is 14.5 Å². The summed E-state index contributed by atoms with van der Waals surface area (Å²) in [5.74, 6) is -1.08. The Morgan fingerprint density at radius 1 is 1.23 bits per heavy atom. The zero-order valence-electron chi connectivity index (χ0n) is 12.1. The topological polar surface area (TPSA) is 47.1 Å². The lowest BCUT2D eigenvalue weighted by Crippen LogP contribution is -2.33. The lowest BCUT2D eigenvalue weighted by Gasteiger charge is -2.27. The molecular weight excluding hydrogens is 310 g/mol. The van der Waals surface area contributed by atoms with E-state index in [2.05, 4.69) is 10.00 Å². The Bertz CT molecular complexity index is 612. The summed E-state index contributed by atoms with van der Waals surface area (Å²) < 4.78 is 28.6. The van der Waals surface area contributed by atoms with Gasteiger partial charge in [0.1, 0.15) is 11.6 Å². The number of halogens is 3. The van der Waals surface area contributed by atoms with Crippen molar-refractivity contribution in [3.05, 3.63) is 47.8 Å². The molecule has 22 heavy (non-hydrogen) atoms. The zero-order valence-corrected chi connectivity index (χ0v) is 12.9. The highest BCUT2D eigenvalue weighted by Crippen LogP contribution is 2.27. The number of benzene rings is 1. The third-order valence-electron chi connectivity index (χ3n) is 3.88. The summed E-state index contributed by atoms with van der Waals surface area (Å²) in [6, 6.07) is 3.86. The van der Waals surface area contributed by atoms with Crippen LogP contribution >= 0.6 is 12.4 Å². The fourth-order valence-electron chi connectivity index (χ4n) is 2.90. The maximum Gasteiger partial charge on any atom is 0.128 e. The lowest BCUT2D eigenvalue weighted by molar-refractivity contribution is 0.507. The van der Waals surface area contributed by atoms with E-state index < -0.39 is 11.6 Å². The zero-order chi connectivity index (χ0) is 14.8. The molecule has 1 aliphatic rings. The molecule has 0 spiro atoms. The van der Waals surface area contributed by atoms with Crippen LogP contribution in [0.2, 0.25) is 0 Å². The molecule has 1 saturated heterocycles. The molecule has 1 fully saturated rings. The summed E-state index contributed by atoms with van der Waals surface area (Å²) in [4.78, 5) is 2.05. The Balaban J connectivity index is 0.00000176. The van der Waals surface area contributed by atoms with Gasteiger partial charge >= 0.3 is 0 Å². The number of rotatable bonds is 4. The molecule has 0 amide bonds. The van der Waals surface area contributed by atoms with Gasteiger partial charge in [0.2, 0.25) is 0 Å². The molecule has 1 aliphatic heterocycles. The highest BCUT2D eigenvalue weighted by atomic mass is 35.5. The van der Waals surface area contributed by atoms with Crippen molar-refractivity contribution in [2.24, 2.45) is 5.73 Å². The van der Waals surface area contributed by atoms with Crippen molar-refractivity contribution in [1.82, 2.24) is 9.78 Å². The van der Waals surface area contributed by atoms with Crippen LogP contribution < -0.4 is 10.6 Å². The first-order chi connectivity index (χ1) is 10.2. The molecule has 3 rings (SSSR count). The van der Waals surface area contributed by atoms with E-state index >= 15 is 0 Å². The van der Waals surface area contributed by atoms with Gasteiger partial charge in [-0.05, 0) is 25.0 Å². The van der Waals surface area contributed by atoms with E-state index in [1.807, 2.05) is 10.9 Å². The molecular formula is C15H19ClF2N4. The molecule has 1 unspecified atom stereocenters. The van der Waals surface area contributed by atoms with E-state index in [1.54, 1.807) is 6.20 Å². The van der Waals surface area contributed by atoms with Crippen molar-refractivity contribution in [3.8, 4) is 0 Å². The number of aromatic nitrogens is 2. The van der Waals surface area contributed by atoms with Crippen LogP contribution in [0, 0.1) is 11.6 Å². The maximum atomic E-state index is 13.4. The second-order valence-corrected chi connectivity index (χ2v) is 5.39. The molecule has 1 atom stereocenters. The van der Waals surface area contributed by atoms with Gasteiger partial charge in [-0.2, -0.15) is 5.10 Å². The monoisotopic (exact) mass is 328 g/mol. The smallest absolute Gasteiger partial charge is 0.128 e. The molecule has 7 heteroatoms. The van der Waals surface area contributed by atoms with Crippen molar-refractivity contribution in [2.75, 3.05) is 11.4 Å². The summed E-state index contributed by atoms with van der Waals surface area (Å²) in [6.07, 6.45) is 5.66. The van der Waals surface area contributed by atoms with Gasteiger partial charge in [-0.3, -0.25) is 4.68 Å². The summed E-state index contributed by atoms with van der Waals surface area (Å²) in [5, 5.41) is 4.28. The second-order valence-electron chi connectivity index (χ2n) is 5.39. The normalized spacial score (nSPS) is 17.6. The number of hydrogen-bond donors (Lipinski definition) is 1. The van der Waals surface area contributed by atoms with Gasteiger partial charge in [0.15, 0.2) is 0 Å².